The van der Waals surface area contributed by atoms with E-state index in [9.17, 15) is 9.59 Å². The molecule has 1 aliphatic rings. The normalized spacial score (nSPS) is 17.3. The number of carbonyl (C=O) groups excluding carboxylic acids is 1. The van der Waals surface area contributed by atoms with Crippen LogP contribution in [0.5, 0.6) is 11.5 Å². The first kappa shape index (κ1) is 22.1. The van der Waals surface area contributed by atoms with E-state index in [1.54, 1.807) is 0 Å². The van der Waals surface area contributed by atoms with Crippen LogP contribution in [-0.2, 0) is 15.0 Å². The van der Waals surface area contributed by atoms with Crippen molar-refractivity contribution in [1.29, 1.82) is 0 Å². The van der Waals surface area contributed by atoms with Crippen LogP contribution < -0.4 is 9.47 Å². The average Bonchev–Trinajstić information content (AvgIpc) is 2.67. The van der Waals surface area contributed by atoms with Crippen LogP contribution in [0.2, 0.25) is 0 Å². The lowest BCUT2D eigenvalue weighted by Gasteiger charge is -2.38. The van der Waals surface area contributed by atoms with Crippen LogP contribution in [0.25, 0.3) is 0 Å². The van der Waals surface area contributed by atoms with Gasteiger partial charge in [0, 0.05) is 19.5 Å². The fraction of sp³-hybridized carbons (Fsp3) is 0.636. The van der Waals surface area contributed by atoms with Gasteiger partial charge in [0.05, 0.1) is 18.6 Å². The van der Waals surface area contributed by atoms with E-state index in [0.29, 0.717) is 37.7 Å². The number of rotatable bonds is 9. The number of carboxylic acids is 1. The molecule has 1 unspecified atom stereocenters. The third-order valence-electron chi connectivity index (χ3n) is 5.37. The first-order valence-corrected chi connectivity index (χ1v) is 10.2. The van der Waals surface area contributed by atoms with Crippen molar-refractivity contribution < 1.29 is 24.2 Å². The van der Waals surface area contributed by atoms with Crippen molar-refractivity contribution in [3.63, 3.8) is 0 Å². The number of piperidine rings is 1. The Morgan fingerprint density at radius 2 is 1.86 bits per heavy atom. The lowest BCUT2D eigenvalue weighted by atomic mass is 9.81. The molecule has 6 heteroatoms. The van der Waals surface area contributed by atoms with Crippen LogP contribution >= 0.6 is 0 Å². The SMILES string of the molecule is CCOc1ccc(C(C)(C)C(=O)N2CCCC(CCC(=O)O)C2)cc1OCC. The summed E-state index contributed by atoms with van der Waals surface area (Å²) in [5, 5.41) is 8.92. The molecule has 1 aromatic rings. The molecule has 1 amide bonds. The second kappa shape index (κ2) is 9.80. The number of benzene rings is 1. The molecule has 0 spiro atoms. The van der Waals surface area contributed by atoms with E-state index in [-0.39, 0.29) is 18.2 Å². The lowest BCUT2D eigenvalue weighted by molar-refractivity contribution is -0.138. The number of amides is 1. The zero-order valence-electron chi connectivity index (χ0n) is 17.5. The monoisotopic (exact) mass is 391 g/mol. The van der Waals surface area contributed by atoms with Gasteiger partial charge in [-0.3, -0.25) is 9.59 Å². The summed E-state index contributed by atoms with van der Waals surface area (Å²) in [6, 6.07) is 5.69. The summed E-state index contributed by atoms with van der Waals surface area (Å²) < 4.78 is 11.3. The number of ether oxygens (including phenoxy) is 2. The molecule has 1 saturated heterocycles. The Kier molecular flexibility index (Phi) is 7.72. The zero-order valence-corrected chi connectivity index (χ0v) is 17.5. The molecule has 1 fully saturated rings. The van der Waals surface area contributed by atoms with Crippen LogP contribution in [0.3, 0.4) is 0 Å². The topological polar surface area (TPSA) is 76.1 Å². The molecule has 156 valence electrons. The molecule has 6 nitrogen and oxygen atoms in total. The molecular weight excluding hydrogens is 358 g/mol. The second-order valence-electron chi connectivity index (χ2n) is 7.84. The van der Waals surface area contributed by atoms with Gasteiger partial charge in [0.15, 0.2) is 11.5 Å². The highest BCUT2D eigenvalue weighted by atomic mass is 16.5. The van der Waals surface area contributed by atoms with Gasteiger partial charge < -0.3 is 19.5 Å². The molecule has 1 atom stereocenters. The number of carboxylic acid groups (broad SMARTS) is 1. The minimum absolute atomic E-state index is 0.0686. The highest BCUT2D eigenvalue weighted by molar-refractivity contribution is 5.87. The van der Waals surface area contributed by atoms with Gasteiger partial charge in [0.25, 0.3) is 0 Å². The Hall–Kier alpha value is -2.24. The fourth-order valence-electron chi connectivity index (χ4n) is 3.77. The molecule has 1 heterocycles. The Bertz CT molecular complexity index is 686. The molecule has 1 N–H and O–H groups in total. The summed E-state index contributed by atoms with van der Waals surface area (Å²) in [6.45, 7) is 10.1. The maximum Gasteiger partial charge on any atom is 0.303 e. The number of hydrogen-bond acceptors (Lipinski definition) is 4. The van der Waals surface area contributed by atoms with E-state index in [1.807, 2.05) is 50.8 Å². The predicted octanol–water partition coefficient (Wildman–Crippen LogP) is 3.87. The Balaban J connectivity index is 2.17. The molecule has 0 aliphatic carbocycles. The molecular formula is C22H33NO5. The maximum absolute atomic E-state index is 13.3. The standard InChI is InChI=1S/C22H33NO5/c1-5-27-18-11-10-17(14-19(18)28-6-2)22(3,4)21(26)23-13-7-8-16(15-23)9-12-20(24)25/h10-11,14,16H,5-9,12-13,15H2,1-4H3,(H,24,25). The third kappa shape index (κ3) is 5.40. The summed E-state index contributed by atoms with van der Waals surface area (Å²) in [7, 11) is 0. The Morgan fingerprint density at radius 1 is 1.18 bits per heavy atom. The number of carbonyl (C=O) groups is 2. The van der Waals surface area contributed by atoms with Crippen LogP contribution in [0, 0.1) is 5.92 Å². The molecule has 28 heavy (non-hydrogen) atoms. The highest BCUT2D eigenvalue weighted by Gasteiger charge is 2.36. The van der Waals surface area contributed by atoms with Gasteiger partial charge >= 0.3 is 5.97 Å². The quantitative estimate of drug-likeness (QED) is 0.692. The lowest BCUT2D eigenvalue weighted by Crippen LogP contribution is -2.48. The van der Waals surface area contributed by atoms with Gasteiger partial charge in [0.2, 0.25) is 5.91 Å². The summed E-state index contributed by atoms with van der Waals surface area (Å²) in [5.41, 5.74) is 0.183. The molecule has 1 aliphatic heterocycles. The average molecular weight is 392 g/mol. The smallest absolute Gasteiger partial charge is 0.303 e. The van der Waals surface area contributed by atoms with E-state index in [1.165, 1.54) is 0 Å². The Morgan fingerprint density at radius 3 is 2.50 bits per heavy atom. The van der Waals surface area contributed by atoms with E-state index in [4.69, 9.17) is 14.6 Å². The minimum atomic E-state index is -0.776. The van der Waals surface area contributed by atoms with E-state index >= 15 is 0 Å². The number of likely N-dealkylation sites (tertiary alicyclic amines) is 1. The second-order valence-corrected chi connectivity index (χ2v) is 7.84. The minimum Gasteiger partial charge on any atom is -0.490 e. The summed E-state index contributed by atoms with van der Waals surface area (Å²) in [6.07, 6.45) is 2.68. The molecule has 0 bridgehead atoms. The van der Waals surface area contributed by atoms with Gasteiger partial charge in [-0.15, -0.1) is 0 Å². The van der Waals surface area contributed by atoms with Crippen LogP contribution in [0.1, 0.15) is 58.9 Å². The van der Waals surface area contributed by atoms with Gasteiger partial charge in [0.1, 0.15) is 0 Å². The predicted molar refractivity (Wildman–Crippen MR) is 108 cm³/mol. The van der Waals surface area contributed by atoms with Crippen molar-refractivity contribution >= 4 is 11.9 Å². The molecule has 0 saturated carbocycles. The third-order valence-corrected chi connectivity index (χ3v) is 5.37. The van der Waals surface area contributed by atoms with Crippen LogP contribution in [0.15, 0.2) is 18.2 Å². The maximum atomic E-state index is 13.3. The van der Waals surface area contributed by atoms with Gasteiger partial charge in [-0.1, -0.05) is 6.07 Å². The molecule has 0 radical (unpaired) electrons. The van der Waals surface area contributed by atoms with Gasteiger partial charge in [-0.2, -0.15) is 0 Å². The van der Waals surface area contributed by atoms with Crippen molar-refractivity contribution in [2.24, 2.45) is 5.92 Å². The zero-order chi connectivity index (χ0) is 20.7. The van der Waals surface area contributed by atoms with Crippen molar-refractivity contribution in [2.45, 2.75) is 58.8 Å². The highest BCUT2D eigenvalue weighted by Crippen LogP contribution is 2.35. The molecule has 2 rings (SSSR count). The van der Waals surface area contributed by atoms with Gasteiger partial charge in [-0.05, 0) is 70.6 Å². The summed E-state index contributed by atoms with van der Waals surface area (Å²) in [5.74, 6) is 0.883. The number of aliphatic carboxylic acids is 1. The van der Waals surface area contributed by atoms with Crippen molar-refractivity contribution in [1.82, 2.24) is 4.90 Å². The summed E-state index contributed by atoms with van der Waals surface area (Å²) in [4.78, 5) is 26.1. The van der Waals surface area contributed by atoms with Crippen molar-refractivity contribution in [3.8, 4) is 11.5 Å². The van der Waals surface area contributed by atoms with E-state index < -0.39 is 11.4 Å². The van der Waals surface area contributed by atoms with E-state index in [0.717, 1.165) is 24.9 Å². The van der Waals surface area contributed by atoms with Crippen molar-refractivity contribution in [2.75, 3.05) is 26.3 Å². The fourth-order valence-corrected chi connectivity index (χ4v) is 3.77. The first-order valence-electron chi connectivity index (χ1n) is 10.2. The number of hydrogen-bond donors (Lipinski definition) is 1. The van der Waals surface area contributed by atoms with Crippen molar-refractivity contribution in [3.05, 3.63) is 23.8 Å². The van der Waals surface area contributed by atoms with E-state index in [2.05, 4.69) is 0 Å². The molecule has 1 aromatic carbocycles. The first-order chi connectivity index (χ1) is 13.3. The van der Waals surface area contributed by atoms with Crippen LogP contribution in [-0.4, -0.2) is 48.2 Å². The summed E-state index contributed by atoms with van der Waals surface area (Å²) >= 11 is 0. The Labute approximate surface area is 167 Å². The molecule has 0 aromatic heterocycles. The number of nitrogens with zero attached hydrogens (tertiary/aromatic N) is 1. The largest absolute Gasteiger partial charge is 0.490 e. The van der Waals surface area contributed by atoms with Crippen LogP contribution in [0.4, 0.5) is 0 Å². The van der Waals surface area contributed by atoms with Gasteiger partial charge in [-0.25, -0.2) is 0 Å².